The molecule has 4 rings (SSSR count). The van der Waals surface area contributed by atoms with Gasteiger partial charge in [0.15, 0.2) is 0 Å². The Morgan fingerprint density at radius 1 is 1.00 bits per heavy atom. The quantitative estimate of drug-likeness (QED) is 0.336. The number of aromatic nitrogens is 4. The molecule has 7 heteroatoms. The molecule has 2 heterocycles. The van der Waals surface area contributed by atoms with Crippen molar-refractivity contribution in [2.45, 2.75) is 45.7 Å². The minimum absolute atomic E-state index is 0.0757. The zero-order chi connectivity index (χ0) is 22.2. The first-order valence-corrected chi connectivity index (χ1v) is 11.1. The number of benzene rings is 2. The minimum Gasteiger partial charge on any atom is -0.457 e. The van der Waals surface area contributed by atoms with E-state index in [1.807, 2.05) is 69.9 Å². The minimum atomic E-state index is -0.0757. The molecular weight excluding hydrogens is 402 g/mol. The highest BCUT2D eigenvalue weighted by molar-refractivity contribution is 5.59. The number of rotatable bonds is 11. The summed E-state index contributed by atoms with van der Waals surface area (Å²) in [4.78, 5) is 19.8. The Kier molecular flexibility index (Phi) is 7.07. The molecule has 2 N–H and O–H groups in total. The second-order valence-electron chi connectivity index (χ2n) is 7.73. The zero-order valence-corrected chi connectivity index (χ0v) is 18.3. The van der Waals surface area contributed by atoms with Crippen LogP contribution in [-0.2, 0) is 19.5 Å². The molecule has 0 amide bonds. The average Bonchev–Trinajstić information content (AvgIpc) is 3.43. The number of unbranched alkanes of at least 4 members (excludes halogenated alkanes) is 1. The van der Waals surface area contributed by atoms with Gasteiger partial charge in [0.2, 0.25) is 0 Å². The van der Waals surface area contributed by atoms with E-state index in [1.165, 1.54) is 0 Å². The first kappa shape index (κ1) is 21.5. The summed E-state index contributed by atoms with van der Waals surface area (Å²) in [6, 6.07) is 17.4. The van der Waals surface area contributed by atoms with Crippen molar-refractivity contribution in [2.75, 3.05) is 5.32 Å². The molecule has 0 bridgehead atoms. The molecule has 2 aromatic heterocycles. The Morgan fingerprint density at radius 3 is 2.50 bits per heavy atom. The van der Waals surface area contributed by atoms with E-state index in [0.717, 1.165) is 60.9 Å². The third-order valence-electron chi connectivity index (χ3n) is 5.32. The number of anilines is 2. The van der Waals surface area contributed by atoms with Gasteiger partial charge in [-0.3, -0.25) is 9.55 Å². The molecule has 0 atom stereocenters. The summed E-state index contributed by atoms with van der Waals surface area (Å²) >= 11 is 0. The molecule has 4 aromatic rings. The Bertz CT molecular complexity index is 1150. The fraction of sp³-hybridized carbons (Fsp3) is 0.280. The van der Waals surface area contributed by atoms with Crippen LogP contribution in [0.3, 0.4) is 0 Å². The molecule has 0 saturated heterocycles. The summed E-state index contributed by atoms with van der Waals surface area (Å²) < 4.78 is 9.75. The van der Waals surface area contributed by atoms with Crippen molar-refractivity contribution in [3.63, 3.8) is 0 Å². The molecular formula is C25H29N5O2. The molecule has 0 saturated carbocycles. The lowest BCUT2D eigenvalue weighted by Gasteiger charge is -2.12. The number of nitrogens with zero attached hydrogens (tertiary/aromatic N) is 3. The second kappa shape index (κ2) is 10.5. The van der Waals surface area contributed by atoms with Crippen LogP contribution in [-0.4, -0.2) is 19.1 Å². The van der Waals surface area contributed by atoms with E-state index in [9.17, 15) is 4.79 Å². The monoisotopic (exact) mass is 431 g/mol. The number of para-hydroxylation sites is 1. The highest BCUT2D eigenvalue weighted by atomic mass is 16.5. The molecule has 0 aliphatic rings. The van der Waals surface area contributed by atoms with Gasteiger partial charge in [-0.1, -0.05) is 31.5 Å². The number of hydrogen-bond acceptors (Lipinski definition) is 4. The molecule has 0 aliphatic carbocycles. The number of imidazole rings is 2. The van der Waals surface area contributed by atoms with Crippen molar-refractivity contribution >= 4 is 11.5 Å². The number of H-pyrrole nitrogens is 1. The summed E-state index contributed by atoms with van der Waals surface area (Å²) in [5.41, 5.74) is 1.84. The molecule has 32 heavy (non-hydrogen) atoms. The van der Waals surface area contributed by atoms with Crippen molar-refractivity contribution in [3.05, 3.63) is 89.5 Å². The lowest BCUT2D eigenvalue weighted by molar-refractivity contribution is 0.483. The predicted octanol–water partition coefficient (Wildman–Crippen LogP) is 5.34. The molecule has 0 radical (unpaired) electrons. The highest BCUT2D eigenvalue weighted by Crippen LogP contribution is 2.25. The van der Waals surface area contributed by atoms with E-state index < -0.39 is 0 Å². The number of aryl methyl sites for hydroxylation is 1. The van der Waals surface area contributed by atoms with Gasteiger partial charge in [-0.2, -0.15) is 0 Å². The SMILES string of the molecule is CCCCc1c(Nc2ccc(Oc3ccccc3)cc2)[nH]c(=O)n1CCCn1ccnc1. The Hall–Kier alpha value is -3.74. The maximum Gasteiger partial charge on any atom is 0.327 e. The van der Waals surface area contributed by atoms with Crippen molar-refractivity contribution in [3.8, 4) is 11.5 Å². The van der Waals surface area contributed by atoms with Crippen LogP contribution in [0.15, 0.2) is 78.1 Å². The summed E-state index contributed by atoms with van der Waals surface area (Å²) in [6.07, 6.45) is 9.31. The molecule has 0 spiro atoms. The Labute approximate surface area is 187 Å². The summed E-state index contributed by atoms with van der Waals surface area (Å²) in [5.74, 6) is 2.33. The number of nitrogens with one attached hydrogen (secondary N) is 2. The first-order chi connectivity index (χ1) is 15.7. The third-order valence-corrected chi connectivity index (χ3v) is 5.32. The van der Waals surface area contributed by atoms with Gasteiger partial charge in [0, 0.05) is 31.2 Å². The zero-order valence-electron chi connectivity index (χ0n) is 18.3. The van der Waals surface area contributed by atoms with Crippen molar-refractivity contribution in [2.24, 2.45) is 0 Å². The van der Waals surface area contributed by atoms with Gasteiger partial charge in [-0.25, -0.2) is 9.78 Å². The lowest BCUT2D eigenvalue weighted by atomic mass is 10.2. The fourth-order valence-corrected chi connectivity index (χ4v) is 3.65. The van der Waals surface area contributed by atoms with Crippen LogP contribution in [0.2, 0.25) is 0 Å². The lowest BCUT2D eigenvalue weighted by Crippen LogP contribution is -2.20. The maximum atomic E-state index is 12.7. The molecule has 0 fully saturated rings. The van der Waals surface area contributed by atoms with Gasteiger partial charge in [-0.15, -0.1) is 0 Å². The van der Waals surface area contributed by atoms with Gasteiger partial charge < -0.3 is 14.6 Å². The topological polar surface area (TPSA) is 76.9 Å². The van der Waals surface area contributed by atoms with Gasteiger partial charge in [-0.05, 0) is 55.7 Å². The van der Waals surface area contributed by atoms with E-state index in [-0.39, 0.29) is 5.69 Å². The van der Waals surface area contributed by atoms with E-state index in [0.29, 0.717) is 6.54 Å². The predicted molar refractivity (Wildman–Crippen MR) is 127 cm³/mol. The molecule has 166 valence electrons. The van der Waals surface area contributed by atoms with Crippen LogP contribution < -0.4 is 15.7 Å². The second-order valence-corrected chi connectivity index (χ2v) is 7.73. The van der Waals surface area contributed by atoms with Crippen LogP contribution in [0, 0.1) is 0 Å². The van der Waals surface area contributed by atoms with Crippen LogP contribution in [0.5, 0.6) is 11.5 Å². The fourth-order valence-electron chi connectivity index (χ4n) is 3.65. The van der Waals surface area contributed by atoms with Crippen molar-refractivity contribution in [1.29, 1.82) is 0 Å². The highest BCUT2D eigenvalue weighted by Gasteiger charge is 2.14. The van der Waals surface area contributed by atoms with Gasteiger partial charge in [0.25, 0.3) is 0 Å². The van der Waals surface area contributed by atoms with Crippen LogP contribution in [0.1, 0.15) is 31.9 Å². The molecule has 0 aliphatic heterocycles. The smallest absolute Gasteiger partial charge is 0.327 e. The van der Waals surface area contributed by atoms with E-state index >= 15 is 0 Å². The first-order valence-electron chi connectivity index (χ1n) is 11.1. The standard InChI is InChI=1S/C25H29N5O2/c1-2-3-10-23-24(28-25(31)30(23)17-7-16-29-18-15-26-19-29)27-20-11-13-22(14-12-20)32-21-8-5-4-6-9-21/h4-6,8-9,11-15,18-19,27H,2-3,7,10,16-17H2,1H3,(H,28,31). The Balaban J connectivity index is 1.46. The van der Waals surface area contributed by atoms with Crippen LogP contribution >= 0.6 is 0 Å². The summed E-state index contributed by atoms with van der Waals surface area (Å²) in [6.45, 7) is 3.65. The summed E-state index contributed by atoms with van der Waals surface area (Å²) in [5, 5.41) is 3.39. The number of hydrogen-bond donors (Lipinski definition) is 2. The van der Waals surface area contributed by atoms with E-state index in [1.54, 1.807) is 12.5 Å². The third kappa shape index (κ3) is 5.49. The molecule has 0 unspecified atom stereocenters. The Morgan fingerprint density at radius 2 is 1.78 bits per heavy atom. The van der Waals surface area contributed by atoms with Crippen LogP contribution in [0.25, 0.3) is 0 Å². The van der Waals surface area contributed by atoms with Gasteiger partial charge in [0.1, 0.15) is 17.3 Å². The largest absolute Gasteiger partial charge is 0.457 e. The summed E-state index contributed by atoms with van der Waals surface area (Å²) in [7, 11) is 0. The van der Waals surface area contributed by atoms with E-state index in [4.69, 9.17) is 4.74 Å². The number of ether oxygens (including phenoxy) is 1. The number of aromatic amines is 1. The van der Waals surface area contributed by atoms with Gasteiger partial charge >= 0.3 is 5.69 Å². The van der Waals surface area contributed by atoms with Gasteiger partial charge in [0.05, 0.1) is 12.0 Å². The van der Waals surface area contributed by atoms with Crippen molar-refractivity contribution in [1.82, 2.24) is 19.1 Å². The van der Waals surface area contributed by atoms with E-state index in [2.05, 4.69) is 22.2 Å². The molecule has 7 nitrogen and oxygen atoms in total. The van der Waals surface area contributed by atoms with Crippen LogP contribution in [0.4, 0.5) is 11.5 Å². The molecule has 2 aromatic carbocycles. The van der Waals surface area contributed by atoms with Crippen molar-refractivity contribution < 1.29 is 4.74 Å². The normalized spacial score (nSPS) is 10.9. The average molecular weight is 432 g/mol. The maximum absolute atomic E-state index is 12.7.